The summed E-state index contributed by atoms with van der Waals surface area (Å²) in [6, 6.07) is 9.48. The maximum absolute atomic E-state index is 12.6. The maximum Gasteiger partial charge on any atom is 0.231 e. The van der Waals surface area contributed by atoms with Crippen LogP contribution in [0.2, 0.25) is 0 Å². The second-order valence-electron chi connectivity index (χ2n) is 6.44. The van der Waals surface area contributed by atoms with Gasteiger partial charge in [0, 0.05) is 29.6 Å². The van der Waals surface area contributed by atoms with E-state index in [1.54, 1.807) is 23.5 Å². The number of anilines is 1. The Balaban J connectivity index is 1.43. The van der Waals surface area contributed by atoms with Gasteiger partial charge in [-0.15, -0.1) is 21.5 Å². The number of carbonyl (C=O) groups excluding carboxylic acids is 2. The van der Waals surface area contributed by atoms with E-state index in [1.165, 1.54) is 16.6 Å². The first-order chi connectivity index (χ1) is 13.0. The molecule has 1 atom stereocenters. The molecular weight excluding hydrogens is 380 g/mol. The van der Waals surface area contributed by atoms with Crippen molar-refractivity contribution < 1.29 is 9.59 Å². The third kappa shape index (κ3) is 3.54. The SMILES string of the molecule is CC1C(=O)Nc2ccc(C(=O)CSc3nnc(Cc4cccs4)n3C)cc21. The molecule has 0 aliphatic carbocycles. The molecule has 0 spiro atoms. The Bertz CT molecular complexity index is 1010. The van der Waals surface area contributed by atoms with Gasteiger partial charge in [0.1, 0.15) is 5.82 Å². The monoisotopic (exact) mass is 398 g/mol. The topological polar surface area (TPSA) is 76.9 Å². The molecule has 0 saturated carbocycles. The number of hydrogen-bond acceptors (Lipinski definition) is 6. The summed E-state index contributed by atoms with van der Waals surface area (Å²) in [6.45, 7) is 1.85. The summed E-state index contributed by atoms with van der Waals surface area (Å²) >= 11 is 3.07. The fourth-order valence-corrected chi connectivity index (χ4v) is 4.52. The molecule has 27 heavy (non-hydrogen) atoms. The number of nitrogens with zero attached hydrogens (tertiary/aromatic N) is 3. The fraction of sp³-hybridized carbons (Fsp3) is 0.263. The van der Waals surface area contributed by atoms with Crippen LogP contribution in [0.15, 0.2) is 40.9 Å². The lowest BCUT2D eigenvalue weighted by molar-refractivity contribution is -0.116. The Morgan fingerprint density at radius 1 is 1.33 bits per heavy atom. The van der Waals surface area contributed by atoms with Crippen LogP contribution in [0.3, 0.4) is 0 Å². The van der Waals surface area contributed by atoms with Gasteiger partial charge in [-0.3, -0.25) is 9.59 Å². The number of hydrogen-bond donors (Lipinski definition) is 1. The zero-order valence-corrected chi connectivity index (χ0v) is 16.6. The van der Waals surface area contributed by atoms with E-state index in [-0.39, 0.29) is 23.4 Å². The van der Waals surface area contributed by atoms with Gasteiger partial charge < -0.3 is 9.88 Å². The number of thiophene rings is 1. The van der Waals surface area contributed by atoms with Crippen molar-refractivity contribution in [1.82, 2.24) is 14.8 Å². The van der Waals surface area contributed by atoms with E-state index in [0.717, 1.165) is 28.7 Å². The van der Waals surface area contributed by atoms with Gasteiger partial charge in [-0.25, -0.2) is 0 Å². The molecule has 0 bridgehead atoms. The molecule has 6 nitrogen and oxygen atoms in total. The molecule has 2 aromatic heterocycles. The Morgan fingerprint density at radius 3 is 2.96 bits per heavy atom. The average molecular weight is 399 g/mol. The molecule has 0 fully saturated rings. The molecule has 8 heteroatoms. The predicted molar refractivity (Wildman–Crippen MR) is 107 cm³/mol. The highest BCUT2D eigenvalue weighted by Gasteiger charge is 2.27. The summed E-state index contributed by atoms with van der Waals surface area (Å²) in [4.78, 5) is 25.6. The number of benzene rings is 1. The van der Waals surface area contributed by atoms with E-state index in [0.29, 0.717) is 5.56 Å². The van der Waals surface area contributed by atoms with Crippen LogP contribution in [0.4, 0.5) is 5.69 Å². The first-order valence-electron chi connectivity index (χ1n) is 8.54. The number of thioether (sulfide) groups is 1. The van der Waals surface area contributed by atoms with Crippen LogP contribution < -0.4 is 5.32 Å². The molecule has 4 rings (SSSR count). The largest absolute Gasteiger partial charge is 0.325 e. The third-order valence-electron chi connectivity index (χ3n) is 4.66. The van der Waals surface area contributed by atoms with Gasteiger partial charge >= 0.3 is 0 Å². The van der Waals surface area contributed by atoms with E-state index in [2.05, 4.69) is 21.6 Å². The summed E-state index contributed by atoms with van der Waals surface area (Å²) in [7, 11) is 1.92. The first kappa shape index (κ1) is 17.9. The molecule has 1 aliphatic rings. The highest BCUT2D eigenvalue weighted by atomic mass is 32.2. The second kappa shape index (κ2) is 7.28. The van der Waals surface area contributed by atoms with Crippen molar-refractivity contribution in [2.75, 3.05) is 11.1 Å². The zero-order valence-electron chi connectivity index (χ0n) is 14.9. The van der Waals surface area contributed by atoms with Crippen LogP contribution in [0.5, 0.6) is 0 Å². The Labute approximate surface area is 165 Å². The van der Waals surface area contributed by atoms with Gasteiger partial charge in [-0.1, -0.05) is 17.8 Å². The van der Waals surface area contributed by atoms with Crippen LogP contribution in [-0.4, -0.2) is 32.2 Å². The van der Waals surface area contributed by atoms with Crippen molar-refractivity contribution in [3.8, 4) is 0 Å². The van der Waals surface area contributed by atoms with Crippen LogP contribution in [0.1, 0.15) is 39.5 Å². The predicted octanol–water partition coefficient (Wildman–Crippen LogP) is 3.50. The smallest absolute Gasteiger partial charge is 0.231 e. The van der Waals surface area contributed by atoms with Crippen LogP contribution in [-0.2, 0) is 18.3 Å². The van der Waals surface area contributed by atoms with Gasteiger partial charge in [0.15, 0.2) is 10.9 Å². The van der Waals surface area contributed by atoms with Crippen molar-refractivity contribution in [2.24, 2.45) is 7.05 Å². The molecule has 138 valence electrons. The van der Waals surface area contributed by atoms with E-state index >= 15 is 0 Å². The first-order valence-corrected chi connectivity index (χ1v) is 10.4. The number of carbonyl (C=O) groups is 2. The summed E-state index contributed by atoms with van der Waals surface area (Å²) in [5.74, 6) is 0.917. The van der Waals surface area contributed by atoms with Crippen molar-refractivity contribution >= 4 is 40.5 Å². The van der Waals surface area contributed by atoms with Crippen molar-refractivity contribution in [2.45, 2.75) is 24.4 Å². The minimum absolute atomic E-state index is 0.0113. The number of Topliss-reactive ketones (excluding diaryl/α,β-unsaturated/α-hetero) is 1. The van der Waals surface area contributed by atoms with Gasteiger partial charge in [0.25, 0.3) is 0 Å². The maximum atomic E-state index is 12.6. The Morgan fingerprint density at radius 2 is 2.19 bits per heavy atom. The molecule has 1 N–H and O–H groups in total. The summed E-state index contributed by atoms with van der Waals surface area (Å²) in [5, 5.41) is 14.1. The minimum Gasteiger partial charge on any atom is -0.325 e. The van der Waals surface area contributed by atoms with Crippen LogP contribution in [0, 0.1) is 0 Å². The molecule has 1 amide bonds. The minimum atomic E-state index is -0.223. The number of rotatable bonds is 6. The van der Waals surface area contributed by atoms with Gasteiger partial charge in [0.05, 0.1) is 11.7 Å². The van der Waals surface area contributed by atoms with Crippen molar-refractivity contribution in [3.63, 3.8) is 0 Å². The molecule has 0 saturated heterocycles. The van der Waals surface area contributed by atoms with Crippen LogP contribution >= 0.6 is 23.1 Å². The quantitative estimate of drug-likeness (QED) is 0.508. The number of aromatic nitrogens is 3. The molecular formula is C19H18N4O2S2. The molecule has 3 heterocycles. The Hall–Kier alpha value is -2.45. The second-order valence-corrected chi connectivity index (χ2v) is 8.41. The van der Waals surface area contributed by atoms with Crippen molar-refractivity contribution in [3.05, 3.63) is 57.5 Å². The van der Waals surface area contributed by atoms with Gasteiger partial charge in [-0.2, -0.15) is 0 Å². The summed E-state index contributed by atoms with van der Waals surface area (Å²) in [5.41, 5.74) is 2.29. The number of amides is 1. The number of ketones is 1. The fourth-order valence-electron chi connectivity index (χ4n) is 3.00. The van der Waals surface area contributed by atoms with Crippen LogP contribution in [0.25, 0.3) is 0 Å². The molecule has 0 radical (unpaired) electrons. The average Bonchev–Trinajstić information content (AvgIpc) is 3.36. The Kier molecular flexibility index (Phi) is 4.84. The lowest BCUT2D eigenvalue weighted by Crippen LogP contribution is -2.08. The normalized spacial score (nSPS) is 15.6. The number of fused-ring (bicyclic) bond motifs is 1. The zero-order chi connectivity index (χ0) is 19.0. The lowest BCUT2D eigenvalue weighted by Gasteiger charge is -2.06. The van der Waals surface area contributed by atoms with E-state index < -0.39 is 0 Å². The molecule has 1 unspecified atom stereocenters. The van der Waals surface area contributed by atoms with E-state index in [9.17, 15) is 9.59 Å². The van der Waals surface area contributed by atoms with Crippen molar-refractivity contribution in [1.29, 1.82) is 0 Å². The molecule has 3 aromatic rings. The number of nitrogens with one attached hydrogen (secondary N) is 1. The van der Waals surface area contributed by atoms with E-state index in [1.807, 2.05) is 36.1 Å². The summed E-state index contributed by atoms with van der Waals surface area (Å²) < 4.78 is 1.94. The molecule has 1 aromatic carbocycles. The standard InChI is InChI=1S/C19H18N4O2S2/c1-11-14-8-12(5-6-15(14)20-18(11)25)16(24)10-27-19-22-21-17(23(19)2)9-13-4-3-7-26-13/h3-8,11H,9-10H2,1-2H3,(H,20,25). The highest BCUT2D eigenvalue weighted by Crippen LogP contribution is 2.33. The lowest BCUT2D eigenvalue weighted by atomic mass is 9.99. The summed E-state index contributed by atoms with van der Waals surface area (Å²) in [6.07, 6.45) is 0.736. The van der Waals surface area contributed by atoms with Gasteiger partial charge in [0.2, 0.25) is 5.91 Å². The highest BCUT2D eigenvalue weighted by molar-refractivity contribution is 7.99. The van der Waals surface area contributed by atoms with Gasteiger partial charge in [-0.05, 0) is 42.1 Å². The third-order valence-corrected chi connectivity index (χ3v) is 6.56. The molecule has 1 aliphatic heterocycles. The van der Waals surface area contributed by atoms with E-state index in [4.69, 9.17) is 0 Å².